The molecule has 1 fully saturated rings. The molecule has 4 heteroatoms. The fourth-order valence-electron chi connectivity index (χ4n) is 2.26. The van der Waals surface area contributed by atoms with E-state index in [0.29, 0.717) is 12.6 Å². The molecule has 1 aliphatic rings. The average molecular weight is 256 g/mol. The first-order valence-corrected chi connectivity index (χ1v) is 7.11. The summed E-state index contributed by atoms with van der Waals surface area (Å²) in [7, 11) is 0. The maximum atomic E-state index is 12.0. The third-order valence-corrected chi connectivity index (χ3v) is 3.89. The number of aliphatic hydroxyl groups excluding tert-OH is 1. The smallest absolute Gasteiger partial charge is 0.223 e. The molecule has 0 aromatic rings. The Bertz CT molecular complexity index is 259. The van der Waals surface area contributed by atoms with Gasteiger partial charge in [-0.05, 0) is 45.7 Å². The monoisotopic (exact) mass is 256 g/mol. The number of rotatable bonds is 5. The molecule has 1 saturated heterocycles. The van der Waals surface area contributed by atoms with Gasteiger partial charge in [-0.2, -0.15) is 0 Å². The highest BCUT2D eigenvalue weighted by Crippen LogP contribution is 2.19. The molecule has 0 spiro atoms. The van der Waals surface area contributed by atoms with E-state index in [-0.39, 0.29) is 17.7 Å². The molecule has 1 heterocycles. The molecule has 0 saturated carbocycles. The Balaban J connectivity index is 2.28. The van der Waals surface area contributed by atoms with Gasteiger partial charge in [0.15, 0.2) is 0 Å². The molecule has 4 nitrogen and oxygen atoms in total. The number of nitrogens with one attached hydrogen (secondary N) is 1. The van der Waals surface area contributed by atoms with Crippen LogP contribution in [0.15, 0.2) is 0 Å². The minimum absolute atomic E-state index is 0.109. The molecule has 0 aromatic carbocycles. The molecule has 1 rings (SSSR count). The zero-order valence-corrected chi connectivity index (χ0v) is 12.1. The highest BCUT2D eigenvalue weighted by molar-refractivity contribution is 5.78. The lowest BCUT2D eigenvalue weighted by Crippen LogP contribution is -2.44. The van der Waals surface area contributed by atoms with Crippen LogP contribution >= 0.6 is 0 Å². The number of hydrogen-bond donors (Lipinski definition) is 2. The van der Waals surface area contributed by atoms with Crippen molar-refractivity contribution in [2.75, 3.05) is 19.6 Å². The number of piperidine rings is 1. The van der Waals surface area contributed by atoms with Crippen LogP contribution in [0, 0.1) is 11.8 Å². The summed E-state index contributed by atoms with van der Waals surface area (Å²) in [6.07, 6.45) is 1.42. The Labute approximate surface area is 111 Å². The predicted molar refractivity (Wildman–Crippen MR) is 73.3 cm³/mol. The number of likely N-dealkylation sites (tertiary alicyclic amines) is 1. The highest BCUT2D eigenvalue weighted by Gasteiger charge is 2.26. The molecule has 106 valence electrons. The van der Waals surface area contributed by atoms with E-state index in [1.165, 1.54) is 0 Å². The van der Waals surface area contributed by atoms with E-state index < -0.39 is 6.10 Å². The Morgan fingerprint density at radius 2 is 1.83 bits per heavy atom. The first kappa shape index (κ1) is 15.4. The molecule has 0 bridgehead atoms. The molecule has 1 atom stereocenters. The minimum Gasteiger partial charge on any atom is -0.391 e. The zero-order valence-electron chi connectivity index (χ0n) is 12.1. The van der Waals surface area contributed by atoms with Crippen LogP contribution in [0.1, 0.15) is 40.5 Å². The van der Waals surface area contributed by atoms with Gasteiger partial charge in [-0.1, -0.05) is 13.8 Å². The van der Waals surface area contributed by atoms with Gasteiger partial charge >= 0.3 is 0 Å². The Hall–Kier alpha value is -0.610. The normalized spacial score (nSPS) is 20.4. The summed E-state index contributed by atoms with van der Waals surface area (Å²) in [4.78, 5) is 14.4. The van der Waals surface area contributed by atoms with Crippen molar-refractivity contribution in [3.63, 3.8) is 0 Å². The van der Waals surface area contributed by atoms with Gasteiger partial charge in [0.2, 0.25) is 5.91 Å². The molecule has 1 unspecified atom stereocenters. The summed E-state index contributed by atoms with van der Waals surface area (Å²) in [5.74, 6) is 0.422. The number of aliphatic hydroxyl groups is 1. The van der Waals surface area contributed by atoms with E-state index in [1.807, 2.05) is 13.8 Å². The van der Waals surface area contributed by atoms with E-state index >= 15 is 0 Å². The molecule has 0 aliphatic carbocycles. The topological polar surface area (TPSA) is 52.6 Å². The van der Waals surface area contributed by atoms with Crippen LogP contribution in [-0.4, -0.2) is 47.7 Å². The number of carbonyl (C=O) groups is 1. The van der Waals surface area contributed by atoms with Crippen LogP contribution in [-0.2, 0) is 4.79 Å². The van der Waals surface area contributed by atoms with Gasteiger partial charge in [-0.15, -0.1) is 0 Å². The lowest BCUT2D eigenvalue weighted by atomic mass is 9.95. The van der Waals surface area contributed by atoms with Gasteiger partial charge in [0.1, 0.15) is 0 Å². The number of carbonyl (C=O) groups excluding carboxylic acids is 1. The van der Waals surface area contributed by atoms with Gasteiger partial charge in [-0.3, -0.25) is 4.79 Å². The second kappa shape index (κ2) is 7.10. The number of hydrogen-bond acceptors (Lipinski definition) is 3. The van der Waals surface area contributed by atoms with Crippen molar-refractivity contribution in [3.05, 3.63) is 0 Å². The molecule has 1 amide bonds. The largest absolute Gasteiger partial charge is 0.391 e. The Kier molecular flexibility index (Phi) is 6.09. The second-order valence-electron chi connectivity index (χ2n) is 5.96. The van der Waals surface area contributed by atoms with Crippen LogP contribution in [0.5, 0.6) is 0 Å². The fraction of sp³-hybridized carbons (Fsp3) is 0.929. The van der Waals surface area contributed by atoms with Gasteiger partial charge in [0, 0.05) is 18.5 Å². The summed E-state index contributed by atoms with van der Waals surface area (Å²) < 4.78 is 0. The molecule has 18 heavy (non-hydrogen) atoms. The van der Waals surface area contributed by atoms with Crippen molar-refractivity contribution in [1.82, 2.24) is 10.2 Å². The van der Waals surface area contributed by atoms with Crippen LogP contribution < -0.4 is 5.32 Å². The lowest BCUT2D eigenvalue weighted by Gasteiger charge is -2.34. The van der Waals surface area contributed by atoms with Crippen LogP contribution in [0.4, 0.5) is 0 Å². The average Bonchev–Trinajstić information content (AvgIpc) is 2.35. The summed E-state index contributed by atoms with van der Waals surface area (Å²) >= 11 is 0. The summed E-state index contributed by atoms with van der Waals surface area (Å²) in [5.41, 5.74) is 0. The van der Waals surface area contributed by atoms with E-state index in [9.17, 15) is 9.90 Å². The van der Waals surface area contributed by atoms with Crippen molar-refractivity contribution in [2.45, 2.75) is 52.7 Å². The van der Waals surface area contributed by atoms with Crippen molar-refractivity contribution in [1.29, 1.82) is 0 Å². The second-order valence-corrected chi connectivity index (χ2v) is 5.96. The van der Waals surface area contributed by atoms with Crippen LogP contribution in [0.2, 0.25) is 0 Å². The van der Waals surface area contributed by atoms with Crippen molar-refractivity contribution in [3.8, 4) is 0 Å². The van der Waals surface area contributed by atoms with E-state index in [4.69, 9.17) is 0 Å². The lowest BCUT2D eigenvalue weighted by molar-refractivity contribution is -0.127. The van der Waals surface area contributed by atoms with Gasteiger partial charge in [0.25, 0.3) is 0 Å². The zero-order chi connectivity index (χ0) is 13.7. The van der Waals surface area contributed by atoms with Crippen LogP contribution in [0.3, 0.4) is 0 Å². The molecular weight excluding hydrogens is 228 g/mol. The third kappa shape index (κ3) is 4.58. The minimum atomic E-state index is -0.440. The standard InChI is InChI=1S/C14H28N2O2/c1-10(2)13(17)9-15-14(18)12-5-7-16(8-6-12)11(3)4/h10-13,17H,5-9H2,1-4H3,(H,15,18). The summed E-state index contributed by atoms with van der Waals surface area (Å²) in [5, 5.41) is 12.5. The first-order chi connectivity index (χ1) is 8.41. The van der Waals surface area contributed by atoms with Crippen molar-refractivity contribution in [2.24, 2.45) is 11.8 Å². The quantitative estimate of drug-likeness (QED) is 0.778. The number of amides is 1. The van der Waals surface area contributed by atoms with Gasteiger partial charge in [0.05, 0.1) is 6.10 Å². The molecule has 0 aromatic heterocycles. The van der Waals surface area contributed by atoms with Crippen molar-refractivity contribution < 1.29 is 9.90 Å². The highest BCUT2D eigenvalue weighted by atomic mass is 16.3. The van der Waals surface area contributed by atoms with Gasteiger partial charge in [-0.25, -0.2) is 0 Å². The van der Waals surface area contributed by atoms with Gasteiger partial charge < -0.3 is 15.3 Å². The first-order valence-electron chi connectivity index (χ1n) is 7.11. The van der Waals surface area contributed by atoms with E-state index in [1.54, 1.807) is 0 Å². The Morgan fingerprint density at radius 1 is 1.28 bits per heavy atom. The van der Waals surface area contributed by atoms with Crippen LogP contribution in [0.25, 0.3) is 0 Å². The molecule has 2 N–H and O–H groups in total. The van der Waals surface area contributed by atoms with E-state index in [2.05, 4.69) is 24.1 Å². The third-order valence-electron chi connectivity index (χ3n) is 3.89. The molecule has 0 radical (unpaired) electrons. The summed E-state index contributed by atoms with van der Waals surface area (Å²) in [6.45, 7) is 10.7. The predicted octanol–water partition coefficient (Wildman–Crippen LogP) is 1.24. The van der Waals surface area contributed by atoms with E-state index in [0.717, 1.165) is 25.9 Å². The molecule has 1 aliphatic heterocycles. The fourth-order valence-corrected chi connectivity index (χ4v) is 2.26. The Morgan fingerprint density at radius 3 is 2.28 bits per heavy atom. The molecular formula is C14H28N2O2. The maximum Gasteiger partial charge on any atom is 0.223 e. The SMILES string of the molecule is CC(C)C(O)CNC(=O)C1CCN(C(C)C)CC1. The summed E-state index contributed by atoms with van der Waals surface area (Å²) in [6, 6.07) is 0.566. The van der Waals surface area contributed by atoms with Crippen molar-refractivity contribution >= 4 is 5.91 Å². The number of nitrogens with zero attached hydrogens (tertiary/aromatic N) is 1. The maximum absolute atomic E-state index is 12.0.